The van der Waals surface area contributed by atoms with Gasteiger partial charge in [-0.25, -0.2) is 18.3 Å². The van der Waals surface area contributed by atoms with E-state index in [1.54, 1.807) is 11.8 Å². The molecule has 2 heterocycles. The number of urea groups is 1. The van der Waals surface area contributed by atoms with Crippen molar-refractivity contribution in [1.29, 1.82) is 0 Å². The van der Waals surface area contributed by atoms with Crippen LogP contribution in [0, 0.1) is 18.6 Å². The van der Waals surface area contributed by atoms with E-state index < -0.39 is 17.7 Å². The summed E-state index contributed by atoms with van der Waals surface area (Å²) in [6.07, 6.45) is 0.951. The number of nitrogens with one attached hydrogen (secondary N) is 1. The quantitative estimate of drug-likeness (QED) is 0.317. The monoisotopic (exact) mass is 533 g/mol. The van der Waals surface area contributed by atoms with Gasteiger partial charge in [0, 0.05) is 37.4 Å². The van der Waals surface area contributed by atoms with Gasteiger partial charge >= 0.3 is 6.03 Å². The second-order valence-electron chi connectivity index (χ2n) is 9.41. The number of nitrogens with zero attached hydrogens (tertiary/aromatic N) is 3. The number of hydrogen-bond donors (Lipinski definition) is 2. The fraction of sp³-hybridized carbons (Fsp3) is 0.267. The number of amides is 2. The minimum Gasteiger partial charge on any atom is -0.383 e. The number of carbonyl (C=O) groups excluding carboxylic acids is 1. The standard InChI is InChI=1S/C17H16N4O.C13H17F2NO/c1-12-15(13-8-4-2-5-9-13)20-21(16(12)19-17(18)22)14-10-6-3-7-11-14;1-17-5-4-16-3-2-10(9-16)11-6-12(14)8-13(15)7-11/h2-11H,1H3,(H3,18,19,22);6-8,10H,2-5,9H2,1H3. The molecule has 0 bridgehead atoms. The van der Waals surface area contributed by atoms with E-state index >= 15 is 0 Å². The number of hydrogen-bond acceptors (Lipinski definition) is 4. The van der Waals surface area contributed by atoms with Crippen LogP contribution in [0.5, 0.6) is 0 Å². The number of nitrogens with two attached hydrogens (primary N) is 1. The maximum Gasteiger partial charge on any atom is 0.317 e. The number of likely N-dealkylation sites (tertiary alicyclic amines) is 1. The number of rotatable bonds is 7. The van der Waals surface area contributed by atoms with Gasteiger partial charge in [0.1, 0.15) is 17.5 Å². The molecule has 39 heavy (non-hydrogen) atoms. The Bertz CT molecular complexity index is 1360. The Balaban J connectivity index is 0.000000187. The van der Waals surface area contributed by atoms with E-state index in [-0.39, 0.29) is 5.92 Å². The van der Waals surface area contributed by atoms with Gasteiger partial charge in [-0.05, 0) is 55.6 Å². The smallest absolute Gasteiger partial charge is 0.317 e. The fourth-order valence-electron chi connectivity index (χ4n) is 4.72. The molecule has 0 aliphatic carbocycles. The number of anilines is 1. The van der Waals surface area contributed by atoms with Crippen LogP contribution in [0.15, 0.2) is 78.9 Å². The van der Waals surface area contributed by atoms with Crippen molar-refractivity contribution >= 4 is 11.8 Å². The minimum absolute atomic E-state index is 0.233. The van der Waals surface area contributed by atoms with Crippen molar-refractivity contribution in [2.45, 2.75) is 19.3 Å². The highest BCUT2D eigenvalue weighted by atomic mass is 19.1. The van der Waals surface area contributed by atoms with E-state index in [0.717, 1.165) is 60.2 Å². The van der Waals surface area contributed by atoms with Crippen LogP contribution in [0.4, 0.5) is 19.4 Å². The first kappa shape index (κ1) is 27.9. The number of aromatic nitrogens is 2. The molecule has 9 heteroatoms. The number of benzene rings is 3. The van der Waals surface area contributed by atoms with Gasteiger partial charge in [-0.3, -0.25) is 5.32 Å². The van der Waals surface area contributed by atoms with Crippen LogP contribution in [0.1, 0.15) is 23.5 Å². The molecule has 2 amide bonds. The van der Waals surface area contributed by atoms with E-state index in [1.165, 1.54) is 12.1 Å². The summed E-state index contributed by atoms with van der Waals surface area (Å²) in [6.45, 7) is 5.31. The van der Waals surface area contributed by atoms with E-state index in [1.807, 2.05) is 67.6 Å². The molecular weight excluding hydrogens is 500 g/mol. The number of methoxy groups -OCH3 is 1. The van der Waals surface area contributed by atoms with Crippen LogP contribution in [-0.4, -0.2) is 54.1 Å². The van der Waals surface area contributed by atoms with Gasteiger partial charge < -0.3 is 15.4 Å². The van der Waals surface area contributed by atoms with Gasteiger partial charge in [0.25, 0.3) is 0 Å². The third-order valence-corrected chi connectivity index (χ3v) is 6.65. The first-order chi connectivity index (χ1) is 18.9. The van der Waals surface area contributed by atoms with Crippen molar-refractivity contribution in [3.63, 3.8) is 0 Å². The summed E-state index contributed by atoms with van der Waals surface area (Å²) in [5.41, 5.74) is 9.59. The molecule has 7 nitrogen and oxygen atoms in total. The molecule has 1 aliphatic rings. The molecule has 4 aromatic rings. The van der Waals surface area contributed by atoms with Crippen LogP contribution in [0.3, 0.4) is 0 Å². The van der Waals surface area contributed by atoms with Gasteiger partial charge in [0.15, 0.2) is 0 Å². The van der Waals surface area contributed by atoms with Crippen LogP contribution in [0.25, 0.3) is 16.9 Å². The summed E-state index contributed by atoms with van der Waals surface area (Å²) in [5, 5.41) is 7.32. The van der Waals surface area contributed by atoms with Crippen molar-refractivity contribution in [3.8, 4) is 16.9 Å². The predicted molar refractivity (Wildman–Crippen MR) is 149 cm³/mol. The highest BCUT2D eigenvalue weighted by molar-refractivity contribution is 5.89. The molecule has 1 fully saturated rings. The maximum absolute atomic E-state index is 13.1. The normalized spacial score (nSPS) is 15.0. The summed E-state index contributed by atoms with van der Waals surface area (Å²) < 4.78 is 32.9. The van der Waals surface area contributed by atoms with Crippen LogP contribution in [-0.2, 0) is 4.74 Å². The van der Waals surface area contributed by atoms with E-state index in [0.29, 0.717) is 12.4 Å². The molecule has 1 unspecified atom stereocenters. The number of carbonyl (C=O) groups is 1. The molecule has 0 saturated carbocycles. The largest absolute Gasteiger partial charge is 0.383 e. The fourth-order valence-corrected chi connectivity index (χ4v) is 4.72. The Morgan fingerprint density at radius 2 is 1.69 bits per heavy atom. The average molecular weight is 534 g/mol. The maximum atomic E-state index is 13.1. The Labute approximate surface area is 227 Å². The lowest BCUT2D eigenvalue weighted by Crippen LogP contribution is -2.24. The zero-order valence-corrected chi connectivity index (χ0v) is 22.1. The lowest BCUT2D eigenvalue weighted by Gasteiger charge is -2.15. The Hall–Kier alpha value is -4.08. The summed E-state index contributed by atoms with van der Waals surface area (Å²) in [6, 6.07) is 22.6. The number of halogens is 2. The number of primary amides is 1. The first-order valence-corrected chi connectivity index (χ1v) is 12.8. The highest BCUT2D eigenvalue weighted by Gasteiger charge is 2.24. The molecule has 1 saturated heterocycles. The lowest BCUT2D eigenvalue weighted by molar-refractivity contribution is 0.160. The molecular formula is C30H33F2N5O2. The molecule has 3 aromatic carbocycles. The zero-order chi connectivity index (χ0) is 27.8. The molecule has 0 radical (unpaired) electrons. The third kappa shape index (κ3) is 7.28. The SMILES string of the molecule is COCCN1CCC(c2cc(F)cc(F)c2)C1.Cc1c(-c2ccccc2)nn(-c2ccccc2)c1NC(N)=O. The Morgan fingerprint density at radius 1 is 1.05 bits per heavy atom. The topological polar surface area (TPSA) is 85.4 Å². The van der Waals surface area contributed by atoms with Crippen LogP contribution >= 0.6 is 0 Å². The van der Waals surface area contributed by atoms with Crippen LogP contribution in [0.2, 0.25) is 0 Å². The molecule has 5 rings (SSSR count). The number of para-hydroxylation sites is 1. The van der Waals surface area contributed by atoms with Gasteiger partial charge in [-0.1, -0.05) is 48.5 Å². The summed E-state index contributed by atoms with van der Waals surface area (Å²) in [4.78, 5) is 13.6. The zero-order valence-electron chi connectivity index (χ0n) is 22.1. The Kier molecular flexibility index (Phi) is 9.40. The molecule has 204 valence electrons. The first-order valence-electron chi connectivity index (χ1n) is 12.8. The summed E-state index contributed by atoms with van der Waals surface area (Å²) >= 11 is 0. The van der Waals surface area contributed by atoms with Crippen molar-refractivity contribution < 1.29 is 18.3 Å². The van der Waals surface area contributed by atoms with Crippen LogP contribution < -0.4 is 11.1 Å². The van der Waals surface area contributed by atoms with Gasteiger partial charge in [-0.2, -0.15) is 5.10 Å². The predicted octanol–water partition coefficient (Wildman–Crippen LogP) is 5.74. The molecule has 1 aromatic heterocycles. The second-order valence-corrected chi connectivity index (χ2v) is 9.41. The van der Waals surface area contributed by atoms with Gasteiger partial charge in [0.05, 0.1) is 18.0 Å². The van der Waals surface area contributed by atoms with E-state index in [9.17, 15) is 13.6 Å². The van der Waals surface area contributed by atoms with Crippen molar-refractivity contribution in [2.75, 3.05) is 38.7 Å². The molecule has 3 N–H and O–H groups in total. The Morgan fingerprint density at radius 3 is 2.31 bits per heavy atom. The van der Waals surface area contributed by atoms with E-state index in [4.69, 9.17) is 10.5 Å². The number of ether oxygens (including phenoxy) is 1. The average Bonchev–Trinajstić information content (AvgIpc) is 3.53. The lowest BCUT2D eigenvalue weighted by atomic mass is 9.98. The molecule has 0 spiro atoms. The summed E-state index contributed by atoms with van der Waals surface area (Å²) in [5.74, 6) is -0.166. The molecule has 1 aliphatic heterocycles. The van der Waals surface area contributed by atoms with Crippen molar-refractivity contribution in [3.05, 3.63) is 102 Å². The van der Waals surface area contributed by atoms with Gasteiger partial charge in [0.2, 0.25) is 0 Å². The molecule has 1 atom stereocenters. The van der Waals surface area contributed by atoms with Gasteiger partial charge in [-0.15, -0.1) is 0 Å². The summed E-state index contributed by atoms with van der Waals surface area (Å²) in [7, 11) is 1.68. The highest BCUT2D eigenvalue weighted by Crippen LogP contribution is 2.30. The van der Waals surface area contributed by atoms with Crippen molar-refractivity contribution in [2.24, 2.45) is 5.73 Å². The third-order valence-electron chi connectivity index (χ3n) is 6.65. The minimum atomic E-state index is -0.611. The second kappa shape index (κ2) is 13.1. The van der Waals surface area contributed by atoms with E-state index in [2.05, 4.69) is 15.3 Å². The van der Waals surface area contributed by atoms with Crippen molar-refractivity contribution in [1.82, 2.24) is 14.7 Å².